The van der Waals surface area contributed by atoms with Crippen molar-refractivity contribution in [3.05, 3.63) is 58.9 Å². The standard InChI is InChI=1S/C21H25ClFN3O3/c1-4-26(12-15-5-10-19(29-3)18(23)11-15)21(28)14-25(2)13-20(27)24-17-8-6-16(22)7-9-17/h5-11H,4,12-14H2,1-3H3,(H,24,27). The molecule has 0 aromatic heterocycles. The average molecular weight is 422 g/mol. The first-order chi connectivity index (χ1) is 13.8. The Morgan fingerprint density at radius 3 is 2.41 bits per heavy atom. The molecule has 29 heavy (non-hydrogen) atoms. The summed E-state index contributed by atoms with van der Waals surface area (Å²) in [5, 5.41) is 3.34. The van der Waals surface area contributed by atoms with E-state index in [9.17, 15) is 14.0 Å². The molecular weight excluding hydrogens is 397 g/mol. The van der Waals surface area contributed by atoms with Crippen LogP contribution in [0.1, 0.15) is 12.5 Å². The van der Waals surface area contributed by atoms with Gasteiger partial charge in [0.05, 0.1) is 20.2 Å². The lowest BCUT2D eigenvalue weighted by atomic mass is 10.2. The van der Waals surface area contributed by atoms with Crippen LogP contribution >= 0.6 is 11.6 Å². The Morgan fingerprint density at radius 1 is 1.14 bits per heavy atom. The van der Waals surface area contributed by atoms with Gasteiger partial charge in [0.2, 0.25) is 11.8 Å². The molecule has 6 nitrogen and oxygen atoms in total. The third kappa shape index (κ3) is 7.03. The van der Waals surface area contributed by atoms with Crippen LogP contribution in [0.15, 0.2) is 42.5 Å². The Morgan fingerprint density at radius 2 is 1.83 bits per heavy atom. The predicted molar refractivity (Wildman–Crippen MR) is 112 cm³/mol. The lowest BCUT2D eigenvalue weighted by molar-refractivity contribution is -0.132. The molecule has 2 amide bonds. The van der Waals surface area contributed by atoms with Crippen LogP contribution in [0, 0.1) is 5.82 Å². The van der Waals surface area contributed by atoms with Gasteiger partial charge >= 0.3 is 0 Å². The fourth-order valence-corrected chi connectivity index (χ4v) is 2.90. The fourth-order valence-electron chi connectivity index (χ4n) is 2.77. The largest absolute Gasteiger partial charge is 0.494 e. The Labute approximate surface area is 175 Å². The summed E-state index contributed by atoms with van der Waals surface area (Å²) in [5.41, 5.74) is 1.30. The Kier molecular flexibility index (Phi) is 8.42. The zero-order chi connectivity index (χ0) is 21.4. The van der Waals surface area contributed by atoms with Gasteiger partial charge in [-0.15, -0.1) is 0 Å². The molecule has 2 aromatic carbocycles. The van der Waals surface area contributed by atoms with E-state index in [1.165, 1.54) is 19.2 Å². The Hall–Kier alpha value is -2.64. The number of anilines is 1. The lowest BCUT2D eigenvalue weighted by Gasteiger charge is -2.24. The second-order valence-electron chi connectivity index (χ2n) is 6.60. The monoisotopic (exact) mass is 421 g/mol. The van der Waals surface area contributed by atoms with Crippen molar-refractivity contribution in [3.63, 3.8) is 0 Å². The summed E-state index contributed by atoms with van der Waals surface area (Å²) >= 11 is 5.82. The van der Waals surface area contributed by atoms with Gasteiger partial charge in [0.25, 0.3) is 0 Å². The molecule has 1 N–H and O–H groups in total. The van der Waals surface area contributed by atoms with Crippen LogP contribution in [-0.2, 0) is 16.1 Å². The van der Waals surface area contributed by atoms with Gasteiger partial charge in [0.15, 0.2) is 11.6 Å². The van der Waals surface area contributed by atoms with Gasteiger partial charge in [-0.25, -0.2) is 4.39 Å². The van der Waals surface area contributed by atoms with E-state index in [0.717, 1.165) is 0 Å². The highest BCUT2D eigenvalue weighted by Gasteiger charge is 2.17. The number of carbonyl (C=O) groups is 2. The molecule has 156 valence electrons. The van der Waals surface area contributed by atoms with Crippen molar-refractivity contribution in [1.29, 1.82) is 0 Å². The number of ether oxygens (including phenoxy) is 1. The molecule has 2 aromatic rings. The molecular formula is C21H25ClFN3O3. The first kappa shape index (κ1) is 22.6. The van der Waals surface area contributed by atoms with Gasteiger partial charge in [-0.2, -0.15) is 0 Å². The number of nitrogens with one attached hydrogen (secondary N) is 1. The van der Waals surface area contributed by atoms with Gasteiger partial charge in [0, 0.05) is 23.8 Å². The first-order valence-corrected chi connectivity index (χ1v) is 9.54. The lowest BCUT2D eigenvalue weighted by Crippen LogP contribution is -2.41. The molecule has 0 saturated heterocycles. The van der Waals surface area contributed by atoms with Crippen LogP contribution in [0.2, 0.25) is 5.02 Å². The van der Waals surface area contributed by atoms with Gasteiger partial charge in [0.1, 0.15) is 0 Å². The highest BCUT2D eigenvalue weighted by molar-refractivity contribution is 6.30. The smallest absolute Gasteiger partial charge is 0.238 e. The topological polar surface area (TPSA) is 61.9 Å². The maximum absolute atomic E-state index is 13.9. The minimum Gasteiger partial charge on any atom is -0.494 e. The van der Waals surface area contributed by atoms with E-state index in [2.05, 4.69) is 5.32 Å². The molecule has 8 heteroatoms. The fraction of sp³-hybridized carbons (Fsp3) is 0.333. The number of benzene rings is 2. The van der Waals surface area contributed by atoms with Gasteiger partial charge in [-0.3, -0.25) is 14.5 Å². The highest BCUT2D eigenvalue weighted by atomic mass is 35.5. The molecule has 0 fully saturated rings. The van der Waals surface area contributed by atoms with E-state index in [4.69, 9.17) is 16.3 Å². The molecule has 0 unspecified atom stereocenters. The number of likely N-dealkylation sites (N-methyl/N-ethyl adjacent to an activating group) is 2. The summed E-state index contributed by atoms with van der Waals surface area (Å²) in [6.07, 6.45) is 0. The molecule has 2 rings (SSSR count). The second-order valence-corrected chi connectivity index (χ2v) is 7.04. The third-order valence-electron chi connectivity index (χ3n) is 4.27. The van der Waals surface area contributed by atoms with Crippen molar-refractivity contribution in [2.75, 3.05) is 39.1 Å². The molecule has 0 aliphatic carbocycles. The average Bonchev–Trinajstić information content (AvgIpc) is 2.67. The van der Waals surface area contributed by atoms with E-state index >= 15 is 0 Å². The van der Waals surface area contributed by atoms with Crippen LogP contribution in [0.3, 0.4) is 0 Å². The Bertz CT molecular complexity index is 846. The number of rotatable bonds is 9. The first-order valence-electron chi connectivity index (χ1n) is 9.16. The summed E-state index contributed by atoms with van der Waals surface area (Å²) < 4.78 is 18.8. The molecule has 0 aliphatic rings. The van der Waals surface area contributed by atoms with Crippen molar-refractivity contribution in [2.24, 2.45) is 0 Å². The molecule has 0 saturated carbocycles. The minimum atomic E-state index is -0.468. The number of halogens is 2. The van der Waals surface area contributed by atoms with Crippen molar-refractivity contribution in [2.45, 2.75) is 13.5 Å². The Balaban J connectivity index is 1.88. The molecule has 0 atom stereocenters. The van der Waals surface area contributed by atoms with E-state index in [1.54, 1.807) is 47.2 Å². The van der Waals surface area contributed by atoms with Crippen molar-refractivity contribution in [3.8, 4) is 5.75 Å². The quantitative estimate of drug-likeness (QED) is 0.674. The van der Waals surface area contributed by atoms with Gasteiger partial charge < -0.3 is 15.0 Å². The van der Waals surface area contributed by atoms with Gasteiger partial charge in [-0.05, 0) is 55.9 Å². The van der Waals surface area contributed by atoms with Crippen LogP contribution in [0.5, 0.6) is 5.75 Å². The number of amides is 2. The SMILES string of the molecule is CCN(Cc1ccc(OC)c(F)c1)C(=O)CN(C)CC(=O)Nc1ccc(Cl)cc1. The van der Waals surface area contributed by atoms with Crippen molar-refractivity contribution in [1.82, 2.24) is 9.80 Å². The summed E-state index contributed by atoms with van der Waals surface area (Å²) in [5.74, 6) is -0.688. The molecule has 0 spiro atoms. The highest BCUT2D eigenvalue weighted by Crippen LogP contribution is 2.19. The van der Waals surface area contributed by atoms with Crippen LogP contribution in [0.25, 0.3) is 0 Å². The van der Waals surface area contributed by atoms with Crippen LogP contribution in [-0.4, -0.2) is 55.4 Å². The maximum atomic E-state index is 13.9. The van der Waals surface area contributed by atoms with E-state index in [0.29, 0.717) is 22.8 Å². The van der Waals surface area contributed by atoms with Crippen molar-refractivity contribution < 1.29 is 18.7 Å². The molecule has 0 heterocycles. The number of nitrogens with zero attached hydrogens (tertiary/aromatic N) is 2. The minimum absolute atomic E-state index is 0.0586. The number of hydrogen-bond acceptors (Lipinski definition) is 4. The van der Waals surface area contributed by atoms with Gasteiger partial charge in [-0.1, -0.05) is 17.7 Å². The second kappa shape index (κ2) is 10.8. The summed E-state index contributed by atoms with van der Waals surface area (Å²) in [6, 6.07) is 11.4. The maximum Gasteiger partial charge on any atom is 0.238 e. The van der Waals surface area contributed by atoms with Crippen LogP contribution in [0.4, 0.5) is 10.1 Å². The molecule has 0 radical (unpaired) electrons. The normalized spacial score (nSPS) is 10.7. The zero-order valence-corrected chi connectivity index (χ0v) is 17.5. The summed E-state index contributed by atoms with van der Waals surface area (Å²) in [6.45, 7) is 2.73. The number of hydrogen-bond donors (Lipinski definition) is 1. The van der Waals surface area contributed by atoms with E-state index < -0.39 is 5.82 Å². The predicted octanol–water partition coefficient (Wildman–Crippen LogP) is 3.41. The van der Waals surface area contributed by atoms with Crippen LogP contribution < -0.4 is 10.1 Å². The third-order valence-corrected chi connectivity index (χ3v) is 4.52. The summed E-state index contributed by atoms with van der Waals surface area (Å²) in [7, 11) is 3.10. The summed E-state index contributed by atoms with van der Waals surface area (Å²) in [4.78, 5) is 28.0. The number of methoxy groups -OCH3 is 1. The molecule has 0 aliphatic heterocycles. The number of carbonyl (C=O) groups excluding carboxylic acids is 2. The van der Waals surface area contributed by atoms with E-state index in [1.807, 2.05) is 6.92 Å². The zero-order valence-electron chi connectivity index (χ0n) is 16.7. The molecule has 0 bridgehead atoms. The van der Waals surface area contributed by atoms with Crippen molar-refractivity contribution >= 4 is 29.1 Å². The van der Waals surface area contributed by atoms with E-state index in [-0.39, 0.29) is 37.2 Å².